The highest BCUT2D eigenvalue weighted by atomic mass is 32.2. The van der Waals surface area contributed by atoms with E-state index in [-0.39, 0.29) is 11.0 Å². The molecular weight excluding hydrogens is 468 g/mol. The van der Waals surface area contributed by atoms with E-state index in [0.717, 1.165) is 18.8 Å². The van der Waals surface area contributed by atoms with Crippen LogP contribution in [0.2, 0.25) is 0 Å². The van der Waals surface area contributed by atoms with Crippen molar-refractivity contribution in [1.29, 1.82) is 0 Å². The number of hydrogen-bond acceptors (Lipinski definition) is 6. The molecule has 7 rings (SSSR count). The van der Waals surface area contributed by atoms with Gasteiger partial charge < -0.3 is 13.9 Å². The van der Waals surface area contributed by atoms with Gasteiger partial charge in [-0.2, -0.15) is 11.8 Å². The standard InChI is InChI=1S/C30H42N2O3S/c1-20-3-5-25(22-8-11-34-15-22)31-18-29(10-7-24(20)31)17-30(36-19-29)13-27-21(2)4-6-26(23-9-12-35-16-23)32(27)28(33)14-30/h8-9,11-12,15-16,20-21,24-28,33H,3-7,10,13-14,17-19H2,1-2H3/t20?,21?,24-,25-,26-,27-,28-,29?,30?/m0/s1. The Kier molecular flexibility index (Phi) is 5.92. The second-order valence-corrected chi connectivity index (χ2v) is 14.5. The molecule has 0 radical (unpaired) electrons. The number of rotatable bonds is 2. The minimum absolute atomic E-state index is 0.215. The van der Waals surface area contributed by atoms with Crippen LogP contribution in [0.4, 0.5) is 0 Å². The van der Waals surface area contributed by atoms with E-state index in [1.165, 1.54) is 68.4 Å². The lowest BCUT2D eigenvalue weighted by molar-refractivity contribution is -0.130. The molecule has 9 atom stereocenters. The predicted octanol–water partition coefficient (Wildman–Crippen LogP) is 6.62. The van der Waals surface area contributed by atoms with E-state index in [2.05, 4.69) is 47.5 Å². The molecule has 0 saturated carbocycles. The van der Waals surface area contributed by atoms with Crippen molar-refractivity contribution in [3.63, 3.8) is 0 Å². The molecule has 5 aliphatic heterocycles. The number of hydrogen-bond donors (Lipinski definition) is 1. The van der Waals surface area contributed by atoms with Crippen LogP contribution in [0.15, 0.2) is 46.0 Å². The molecule has 4 unspecified atom stereocenters. The number of aliphatic hydroxyl groups is 1. The maximum atomic E-state index is 11.7. The molecule has 5 nitrogen and oxygen atoms in total. The smallest absolute Gasteiger partial charge is 0.109 e. The van der Waals surface area contributed by atoms with Crippen LogP contribution in [-0.4, -0.2) is 50.3 Å². The summed E-state index contributed by atoms with van der Waals surface area (Å²) < 4.78 is 11.2. The second-order valence-electron chi connectivity index (χ2n) is 13.1. The Morgan fingerprint density at radius 3 is 2.31 bits per heavy atom. The Balaban J connectivity index is 1.13. The van der Waals surface area contributed by atoms with Gasteiger partial charge in [-0.15, -0.1) is 0 Å². The third kappa shape index (κ3) is 3.85. The van der Waals surface area contributed by atoms with Crippen molar-refractivity contribution in [2.24, 2.45) is 17.3 Å². The topological polar surface area (TPSA) is 53.0 Å². The lowest BCUT2D eigenvalue weighted by Gasteiger charge is -2.56. The van der Waals surface area contributed by atoms with Crippen LogP contribution < -0.4 is 0 Å². The van der Waals surface area contributed by atoms with E-state index in [9.17, 15) is 5.11 Å². The summed E-state index contributed by atoms with van der Waals surface area (Å²) in [6.45, 7) is 6.10. The maximum absolute atomic E-state index is 11.7. The van der Waals surface area contributed by atoms with Crippen LogP contribution in [0.3, 0.4) is 0 Å². The summed E-state index contributed by atoms with van der Waals surface area (Å²) in [5.74, 6) is 2.66. The molecule has 7 heterocycles. The van der Waals surface area contributed by atoms with Gasteiger partial charge in [0.2, 0.25) is 0 Å². The fourth-order valence-electron chi connectivity index (χ4n) is 9.10. The van der Waals surface area contributed by atoms with E-state index in [0.29, 0.717) is 35.5 Å². The van der Waals surface area contributed by atoms with Gasteiger partial charge in [0.25, 0.3) is 0 Å². The Bertz CT molecular complexity index is 1040. The Morgan fingerprint density at radius 1 is 0.889 bits per heavy atom. The molecule has 36 heavy (non-hydrogen) atoms. The van der Waals surface area contributed by atoms with Gasteiger partial charge >= 0.3 is 0 Å². The summed E-state index contributed by atoms with van der Waals surface area (Å²) >= 11 is 2.22. The molecule has 2 aromatic heterocycles. The fourth-order valence-corrected chi connectivity index (χ4v) is 11.0. The van der Waals surface area contributed by atoms with Crippen molar-refractivity contribution >= 4 is 11.8 Å². The number of nitrogens with zero attached hydrogens (tertiary/aromatic N) is 2. The molecule has 2 spiro atoms. The summed E-state index contributed by atoms with van der Waals surface area (Å²) in [4.78, 5) is 5.35. The Morgan fingerprint density at radius 2 is 1.58 bits per heavy atom. The van der Waals surface area contributed by atoms with Crippen molar-refractivity contribution < 1.29 is 13.9 Å². The van der Waals surface area contributed by atoms with Gasteiger partial charge in [-0.05, 0) is 80.8 Å². The van der Waals surface area contributed by atoms with Crippen molar-refractivity contribution in [3.05, 3.63) is 48.3 Å². The van der Waals surface area contributed by atoms with Gasteiger partial charge in [-0.3, -0.25) is 9.80 Å². The van der Waals surface area contributed by atoms with Crippen molar-refractivity contribution in [2.45, 2.75) is 107 Å². The average Bonchev–Trinajstić information content (AvgIpc) is 3.63. The molecule has 0 aromatic carbocycles. The lowest BCUT2D eigenvalue weighted by atomic mass is 9.66. The second kappa shape index (κ2) is 8.93. The summed E-state index contributed by atoms with van der Waals surface area (Å²) in [6.07, 6.45) is 18.1. The first-order chi connectivity index (χ1) is 17.5. The van der Waals surface area contributed by atoms with E-state index in [1.807, 2.05) is 18.8 Å². The first-order valence-corrected chi connectivity index (χ1v) is 15.3. The number of fused-ring (bicyclic) bond motifs is 2. The summed E-state index contributed by atoms with van der Waals surface area (Å²) in [5.41, 5.74) is 2.99. The van der Waals surface area contributed by atoms with Crippen molar-refractivity contribution in [2.75, 3.05) is 12.3 Å². The minimum atomic E-state index is -0.362. The molecule has 5 aliphatic rings. The zero-order chi connectivity index (χ0) is 24.5. The average molecular weight is 511 g/mol. The van der Waals surface area contributed by atoms with E-state index < -0.39 is 0 Å². The van der Waals surface area contributed by atoms with Crippen molar-refractivity contribution in [3.8, 4) is 0 Å². The maximum Gasteiger partial charge on any atom is 0.109 e. The summed E-state index contributed by atoms with van der Waals surface area (Å²) in [6, 6.07) is 6.24. The third-order valence-electron chi connectivity index (χ3n) is 10.9. The number of furan rings is 2. The predicted molar refractivity (Wildman–Crippen MR) is 143 cm³/mol. The van der Waals surface area contributed by atoms with Crippen LogP contribution in [0, 0.1) is 17.3 Å². The van der Waals surface area contributed by atoms with Gasteiger partial charge in [0.05, 0.1) is 25.1 Å². The molecule has 196 valence electrons. The molecule has 2 aromatic rings. The quantitative estimate of drug-likeness (QED) is 0.490. The Labute approximate surface area is 220 Å². The summed E-state index contributed by atoms with van der Waals surface area (Å²) in [5, 5.41) is 11.7. The van der Waals surface area contributed by atoms with Crippen LogP contribution in [0.5, 0.6) is 0 Å². The lowest BCUT2D eigenvalue weighted by Crippen LogP contribution is -2.60. The molecule has 0 bridgehead atoms. The summed E-state index contributed by atoms with van der Waals surface area (Å²) in [7, 11) is 0. The molecule has 1 N–H and O–H groups in total. The molecule has 5 fully saturated rings. The first kappa shape index (κ1) is 23.9. The largest absolute Gasteiger partial charge is 0.472 e. The first-order valence-electron chi connectivity index (χ1n) is 14.4. The van der Waals surface area contributed by atoms with Gasteiger partial charge in [0.1, 0.15) is 6.23 Å². The fraction of sp³-hybridized carbons (Fsp3) is 0.733. The number of aliphatic hydroxyl groups excluding tert-OH is 1. The number of piperidine rings is 4. The van der Waals surface area contributed by atoms with E-state index >= 15 is 0 Å². The van der Waals surface area contributed by atoms with Gasteiger partial charge in [-0.25, -0.2) is 0 Å². The zero-order valence-corrected chi connectivity index (χ0v) is 22.7. The van der Waals surface area contributed by atoms with E-state index in [1.54, 1.807) is 6.26 Å². The molecular formula is C30H42N2O3S. The molecule has 0 amide bonds. The van der Waals surface area contributed by atoms with Gasteiger partial charge in [0, 0.05) is 58.8 Å². The normalized spacial score (nSPS) is 45.7. The van der Waals surface area contributed by atoms with E-state index in [4.69, 9.17) is 8.83 Å². The van der Waals surface area contributed by atoms with Crippen LogP contribution >= 0.6 is 11.8 Å². The third-order valence-corrected chi connectivity index (χ3v) is 12.7. The van der Waals surface area contributed by atoms with Gasteiger partial charge in [0.15, 0.2) is 0 Å². The zero-order valence-electron chi connectivity index (χ0n) is 21.9. The van der Waals surface area contributed by atoms with Gasteiger partial charge in [-0.1, -0.05) is 13.8 Å². The van der Waals surface area contributed by atoms with Crippen LogP contribution in [0.25, 0.3) is 0 Å². The number of thioether (sulfide) groups is 1. The SMILES string of the molecule is CC1CC[C@@H](c2ccoc2)N2CC3(CC[C@@H]12)CSC1(C[C@H](O)N2[C@H](c4ccoc4)CCC(C)[C@@H]2C1)C3. The molecule has 6 heteroatoms. The monoisotopic (exact) mass is 510 g/mol. The van der Waals surface area contributed by atoms with Crippen LogP contribution in [0.1, 0.15) is 94.8 Å². The van der Waals surface area contributed by atoms with Crippen molar-refractivity contribution in [1.82, 2.24) is 9.80 Å². The highest BCUT2D eigenvalue weighted by Gasteiger charge is 2.58. The molecule has 5 saturated heterocycles. The molecule has 0 aliphatic carbocycles. The minimum Gasteiger partial charge on any atom is -0.472 e. The Hall–Kier alpha value is -1.21. The highest BCUT2D eigenvalue weighted by Crippen LogP contribution is 2.62. The van der Waals surface area contributed by atoms with Crippen LogP contribution in [-0.2, 0) is 0 Å². The highest BCUT2D eigenvalue weighted by molar-refractivity contribution is 8.01.